The van der Waals surface area contributed by atoms with E-state index in [0.29, 0.717) is 29.2 Å². The van der Waals surface area contributed by atoms with Crippen LogP contribution in [0.3, 0.4) is 0 Å². The Balaban J connectivity index is 1.73. The summed E-state index contributed by atoms with van der Waals surface area (Å²) in [6.07, 6.45) is -4.73. The summed E-state index contributed by atoms with van der Waals surface area (Å²) in [5.74, 6) is -2.03. The van der Waals surface area contributed by atoms with E-state index >= 15 is 0 Å². The van der Waals surface area contributed by atoms with Crippen molar-refractivity contribution in [1.82, 2.24) is 0 Å². The van der Waals surface area contributed by atoms with Gasteiger partial charge in [0.1, 0.15) is 5.58 Å². The van der Waals surface area contributed by atoms with Crippen LogP contribution in [0.25, 0.3) is 11.0 Å². The number of carbonyl (C=O) groups excluding carboxylic acids is 2. The van der Waals surface area contributed by atoms with Gasteiger partial charge in [-0.15, -0.1) is 0 Å². The molecule has 0 aliphatic rings. The summed E-state index contributed by atoms with van der Waals surface area (Å²) in [6, 6.07) is 9.81. The maximum absolute atomic E-state index is 13.1. The Morgan fingerprint density at radius 1 is 1.16 bits per heavy atom. The molecular formula is C21H17ClF3NO5. The van der Waals surface area contributed by atoms with Crippen LogP contribution in [-0.2, 0) is 27.1 Å². The van der Waals surface area contributed by atoms with Crippen molar-refractivity contribution in [3.05, 3.63) is 64.4 Å². The Bertz CT molecular complexity index is 1110. The van der Waals surface area contributed by atoms with Crippen LogP contribution in [0.1, 0.15) is 28.6 Å². The van der Waals surface area contributed by atoms with Gasteiger partial charge in [0, 0.05) is 22.6 Å². The first-order valence-electron chi connectivity index (χ1n) is 9.12. The number of furan rings is 1. The quantitative estimate of drug-likeness (QED) is 0.480. The number of rotatable bonds is 7. The largest absolute Gasteiger partial charge is 0.450 e. The van der Waals surface area contributed by atoms with Crippen LogP contribution in [0.2, 0.25) is 5.02 Å². The highest BCUT2D eigenvalue weighted by Crippen LogP contribution is 2.36. The highest BCUT2D eigenvalue weighted by Gasteiger charge is 2.34. The number of hydrogen-bond acceptors (Lipinski definition) is 5. The molecule has 164 valence electrons. The van der Waals surface area contributed by atoms with Gasteiger partial charge in [0.25, 0.3) is 5.91 Å². The van der Waals surface area contributed by atoms with Crippen LogP contribution in [0.5, 0.6) is 0 Å². The number of nitrogens with one attached hydrogen (secondary N) is 1. The highest BCUT2D eigenvalue weighted by atomic mass is 35.5. The van der Waals surface area contributed by atoms with Gasteiger partial charge in [0.2, 0.25) is 5.76 Å². The Labute approximate surface area is 179 Å². The minimum absolute atomic E-state index is 0.0872. The monoisotopic (exact) mass is 455 g/mol. The molecular weight excluding hydrogens is 439 g/mol. The van der Waals surface area contributed by atoms with E-state index in [0.717, 1.165) is 6.07 Å². The van der Waals surface area contributed by atoms with Crippen molar-refractivity contribution in [3.63, 3.8) is 0 Å². The third kappa shape index (κ3) is 5.36. The van der Waals surface area contributed by atoms with E-state index in [9.17, 15) is 22.8 Å². The number of fused-ring (bicyclic) bond motifs is 1. The lowest BCUT2D eigenvalue weighted by Gasteiger charge is -2.14. The van der Waals surface area contributed by atoms with Crippen LogP contribution in [0, 0.1) is 0 Å². The normalized spacial score (nSPS) is 11.5. The van der Waals surface area contributed by atoms with Gasteiger partial charge in [0.15, 0.2) is 6.61 Å². The maximum atomic E-state index is 13.1. The van der Waals surface area contributed by atoms with Crippen molar-refractivity contribution in [3.8, 4) is 0 Å². The number of halogens is 4. The van der Waals surface area contributed by atoms with Crippen molar-refractivity contribution < 1.29 is 36.7 Å². The van der Waals surface area contributed by atoms with E-state index in [2.05, 4.69) is 5.32 Å². The number of esters is 1. The standard InChI is InChI=1S/C21H17ClF3NO5/c1-2-29-10-14-13-5-3-4-6-17(13)31-19(14)20(28)30-11-18(27)26-16-8-7-12(22)9-15(16)21(23,24)25/h3-9H,2,10-11H2,1H3,(H,26,27). The van der Waals surface area contributed by atoms with Crippen molar-refractivity contribution >= 4 is 40.1 Å². The number of ether oxygens (including phenoxy) is 2. The van der Waals surface area contributed by atoms with Gasteiger partial charge in [0.05, 0.1) is 17.9 Å². The Morgan fingerprint density at radius 2 is 1.90 bits per heavy atom. The minimum Gasteiger partial charge on any atom is -0.450 e. The first-order valence-corrected chi connectivity index (χ1v) is 9.50. The second-order valence-corrected chi connectivity index (χ2v) is 6.79. The fraction of sp³-hybridized carbons (Fsp3) is 0.238. The lowest BCUT2D eigenvalue weighted by atomic mass is 10.1. The van der Waals surface area contributed by atoms with Gasteiger partial charge in [-0.2, -0.15) is 13.2 Å². The number of benzene rings is 2. The van der Waals surface area contributed by atoms with E-state index in [1.165, 1.54) is 6.07 Å². The van der Waals surface area contributed by atoms with Crippen molar-refractivity contribution in [2.24, 2.45) is 0 Å². The van der Waals surface area contributed by atoms with Crippen LogP contribution < -0.4 is 5.32 Å². The second kappa shape index (κ2) is 9.40. The molecule has 0 aliphatic heterocycles. The van der Waals surface area contributed by atoms with Crippen LogP contribution in [0.15, 0.2) is 46.9 Å². The third-order valence-corrected chi connectivity index (χ3v) is 4.46. The lowest BCUT2D eigenvalue weighted by Crippen LogP contribution is -2.23. The summed E-state index contributed by atoms with van der Waals surface area (Å²) >= 11 is 5.61. The van der Waals surface area contributed by atoms with Gasteiger partial charge in [-0.1, -0.05) is 29.8 Å². The number of carbonyl (C=O) groups is 2. The molecule has 3 aromatic rings. The molecule has 0 aliphatic carbocycles. The number of anilines is 1. The zero-order chi connectivity index (χ0) is 22.6. The van der Waals surface area contributed by atoms with Gasteiger partial charge in [-0.3, -0.25) is 4.79 Å². The molecule has 0 spiro atoms. The number of para-hydroxylation sites is 1. The molecule has 1 aromatic heterocycles. The molecule has 0 saturated carbocycles. The number of alkyl halides is 3. The van der Waals surface area contributed by atoms with Crippen LogP contribution in [0.4, 0.5) is 18.9 Å². The summed E-state index contributed by atoms with van der Waals surface area (Å²) in [5.41, 5.74) is -0.723. The average molecular weight is 456 g/mol. The van der Waals surface area contributed by atoms with Crippen molar-refractivity contribution in [2.45, 2.75) is 19.7 Å². The zero-order valence-electron chi connectivity index (χ0n) is 16.2. The van der Waals surface area contributed by atoms with Gasteiger partial charge >= 0.3 is 12.1 Å². The summed E-state index contributed by atoms with van der Waals surface area (Å²) in [6.45, 7) is 1.46. The third-order valence-electron chi connectivity index (χ3n) is 4.23. The molecule has 0 fully saturated rings. The van der Waals surface area contributed by atoms with Crippen LogP contribution >= 0.6 is 11.6 Å². The fourth-order valence-corrected chi connectivity index (χ4v) is 3.03. The molecule has 6 nitrogen and oxygen atoms in total. The molecule has 10 heteroatoms. The highest BCUT2D eigenvalue weighted by molar-refractivity contribution is 6.30. The van der Waals surface area contributed by atoms with E-state index in [1.807, 2.05) is 0 Å². The smallest absolute Gasteiger partial charge is 0.418 e. The summed E-state index contributed by atoms with van der Waals surface area (Å²) < 4.78 is 55.3. The predicted molar refractivity (Wildman–Crippen MR) is 107 cm³/mol. The first-order chi connectivity index (χ1) is 14.7. The SMILES string of the molecule is CCOCc1c(C(=O)OCC(=O)Nc2ccc(Cl)cc2C(F)(F)F)oc2ccccc12. The molecule has 3 rings (SSSR count). The van der Waals surface area contributed by atoms with Crippen molar-refractivity contribution in [1.29, 1.82) is 0 Å². The Kier molecular flexibility index (Phi) is 6.87. The zero-order valence-corrected chi connectivity index (χ0v) is 17.0. The molecule has 0 atom stereocenters. The van der Waals surface area contributed by atoms with Gasteiger partial charge < -0.3 is 19.2 Å². The fourth-order valence-electron chi connectivity index (χ4n) is 2.85. The average Bonchev–Trinajstić information content (AvgIpc) is 3.09. The maximum Gasteiger partial charge on any atom is 0.418 e. The van der Waals surface area contributed by atoms with Crippen molar-refractivity contribution in [2.75, 3.05) is 18.5 Å². The molecule has 0 bridgehead atoms. The summed E-state index contributed by atoms with van der Waals surface area (Å²) in [7, 11) is 0. The van der Waals surface area contributed by atoms with E-state index in [-0.39, 0.29) is 17.4 Å². The first kappa shape index (κ1) is 22.6. The molecule has 0 radical (unpaired) electrons. The van der Waals surface area contributed by atoms with Crippen LogP contribution in [-0.4, -0.2) is 25.1 Å². The molecule has 0 unspecified atom stereocenters. The topological polar surface area (TPSA) is 77.8 Å². The molecule has 1 heterocycles. The molecule has 0 saturated heterocycles. The molecule has 1 amide bonds. The lowest BCUT2D eigenvalue weighted by molar-refractivity contribution is -0.137. The predicted octanol–water partition coefficient (Wildman–Crippen LogP) is 5.44. The van der Waals surface area contributed by atoms with E-state index < -0.39 is 35.9 Å². The van der Waals surface area contributed by atoms with Gasteiger partial charge in [-0.25, -0.2) is 4.79 Å². The number of amides is 1. The second-order valence-electron chi connectivity index (χ2n) is 6.36. The summed E-state index contributed by atoms with van der Waals surface area (Å²) in [5, 5.41) is 2.60. The van der Waals surface area contributed by atoms with E-state index in [4.69, 9.17) is 25.5 Å². The molecule has 31 heavy (non-hydrogen) atoms. The minimum atomic E-state index is -4.73. The Morgan fingerprint density at radius 3 is 2.61 bits per heavy atom. The van der Waals surface area contributed by atoms with Gasteiger partial charge in [-0.05, 0) is 31.2 Å². The Hall–Kier alpha value is -3.04. The molecule has 2 aromatic carbocycles. The molecule has 1 N–H and O–H groups in total. The summed E-state index contributed by atoms with van der Waals surface area (Å²) in [4.78, 5) is 24.6. The van der Waals surface area contributed by atoms with E-state index in [1.54, 1.807) is 31.2 Å². The number of hydrogen-bond donors (Lipinski definition) is 1.